The fourth-order valence-corrected chi connectivity index (χ4v) is 6.80. The summed E-state index contributed by atoms with van der Waals surface area (Å²) in [6, 6.07) is 10.3. The largest absolute Gasteiger partial charge is 0.338 e. The van der Waals surface area contributed by atoms with Gasteiger partial charge in [0.25, 0.3) is 15.6 Å². The zero-order valence-corrected chi connectivity index (χ0v) is 18.4. The molecular weight excluding hydrogens is 480 g/mol. The molecule has 1 fully saturated rings. The lowest BCUT2D eigenvalue weighted by Crippen LogP contribution is -2.51. The maximum Gasteiger partial charge on any atom is 0.275 e. The highest BCUT2D eigenvalue weighted by atomic mass is 79.9. The maximum atomic E-state index is 12.7. The van der Waals surface area contributed by atoms with Crippen molar-refractivity contribution in [1.29, 1.82) is 0 Å². The van der Waals surface area contributed by atoms with Gasteiger partial charge in [-0.2, -0.15) is 9.40 Å². The number of thiophene rings is 1. The first-order chi connectivity index (χ1) is 13.9. The Morgan fingerprint density at radius 2 is 1.83 bits per heavy atom. The molecular formula is C18H17BrN4O4S2. The van der Waals surface area contributed by atoms with Gasteiger partial charge in [-0.25, -0.2) is 13.1 Å². The Kier molecular flexibility index (Phi) is 5.56. The first-order valence-corrected chi connectivity index (χ1v) is 11.9. The van der Waals surface area contributed by atoms with Crippen LogP contribution in [0.25, 0.3) is 10.8 Å². The number of nitrogens with zero attached hydrogens (tertiary/aromatic N) is 4. The zero-order valence-electron chi connectivity index (χ0n) is 15.2. The topological polar surface area (TPSA) is 92.6 Å². The van der Waals surface area contributed by atoms with E-state index in [9.17, 15) is 18.0 Å². The number of sulfonamides is 1. The van der Waals surface area contributed by atoms with Crippen molar-refractivity contribution < 1.29 is 13.2 Å². The molecule has 29 heavy (non-hydrogen) atoms. The van der Waals surface area contributed by atoms with E-state index < -0.39 is 10.0 Å². The molecule has 3 aromatic rings. The smallest absolute Gasteiger partial charge is 0.275 e. The van der Waals surface area contributed by atoms with E-state index >= 15 is 0 Å². The second kappa shape index (κ2) is 7.98. The lowest BCUT2D eigenvalue weighted by Gasteiger charge is -2.33. The van der Waals surface area contributed by atoms with Gasteiger partial charge in [-0.15, -0.1) is 11.3 Å². The molecule has 0 bridgehead atoms. The van der Waals surface area contributed by atoms with Crippen molar-refractivity contribution in [3.63, 3.8) is 0 Å². The van der Waals surface area contributed by atoms with E-state index in [2.05, 4.69) is 21.0 Å². The van der Waals surface area contributed by atoms with Crippen molar-refractivity contribution >= 4 is 54.0 Å². The van der Waals surface area contributed by atoms with Crippen LogP contribution in [0.1, 0.15) is 0 Å². The van der Waals surface area contributed by atoms with Crippen LogP contribution < -0.4 is 5.56 Å². The van der Waals surface area contributed by atoms with Crippen LogP contribution in [0, 0.1) is 0 Å². The standard InChI is InChI=1S/C18H17BrN4O4S2/c19-15-5-6-17(28-15)29(26,27)22-9-7-21(8-10-22)16(24)12-23-18(25)14-4-2-1-3-13(14)11-20-23/h1-6,11H,7-10,12H2. The van der Waals surface area contributed by atoms with Gasteiger partial charge in [-0.05, 0) is 34.1 Å². The summed E-state index contributed by atoms with van der Waals surface area (Å²) in [5.41, 5.74) is -0.319. The molecule has 8 nitrogen and oxygen atoms in total. The average Bonchev–Trinajstić information content (AvgIpc) is 3.17. The molecule has 1 aromatic carbocycles. The molecule has 1 amide bonds. The van der Waals surface area contributed by atoms with Crippen LogP contribution in [0.4, 0.5) is 0 Å². The Morgan fingerprint density at radius 1 is 1.10 bits per heavy atom. The van der Waals surface area contributed by atoms with Crippen LogP contribution in [0.2, 0.25) is 0 Å². The normalized spacial score (nSPS) is 15.7. The molecule has 0 aliphatic carbocycles. The van der Waals surface area contributed by atoms with Crippen LogP contribution >= 0.6 is 27.3 Å². The van der Waals surface area contributed by atoms with E-state index in [4.69, 9.17) is 0 Å². The molecule has 3 heterocycles. The van der Waals surface area contributed by atoms with E-state index in [-0.39, 0.29) is 48.4 Å². The van der Waals surface area contributed by atoms with Gasteiger partial charge in [-0.1, -0.05) is 18.2 Å². The van der Waals surface area contributed by atoms with Crippen molar-refractivity contribution in [2.45, 2.75) is 10.8 Å². The lowest BCUT2D eigenvalue weighted by atomic mass is 10.2. The van der Waals surface area contributed by atoms with Crippen LogP contribution in [0.3, 0.4) is 0 Å². The number of rotatable bonds is 4. The summed E-state index contributed by atoms with van der Waals surface area (Å²) >= 11 is 4.44. The Bertz CT molecular complexity index is 1230. The molecule has 0 radical (unpaired) electrons. The minimum absolute atomic E-state index is 0.172. The summed E-state index contributed by atoms with van der Waals surface area (Å²) in [7, 11) is -3.56. The van der Waals surface area contributed by atoms with Crippen molar-refractivity contribution in [1.82, 2.24) is 19.0 Å². The number of amides is 1. The number of aromatic nitrogens is 2. The molecule has 0 N–H and O–H groups in total. The van der Waals surface area contributed by atoms with Gasteiger partial charge < -0.3 is 4.90 Å². The quantitative estimate of drug-likeness (QED) is 0.548. The highest BCUT2D eigenvalue weighted by Crippen LogP contribution is 2.28. The highest BCUT2D eigenvalue weighted by molar-refractivity contribution is 9.11. The van der Waals surface area contributed by atoms with E-state index in [0.717, 1.165) is 25.2 Å². The lowest BCUT2D eigenvalue weighted by molar-refractivity contribution is -0.133. The molecule has 11 heteroatoms. The Balaban J connectivity index is 1.43. The van der Waals surface area contributed by atoms with E-state index in [1.165, 1.54) is 4.31 Å². The number of hydrogen-bond acceptors (Lipinski definition) is 6. The van der Waals surface area contributed by atoms with Crippen LogP contribution in [0.5, 0.6) is 0 Å². The molecule has 1 aliphatic rings. The molecule has 4 rings (SSSR count). The van der Waals surface area contributed by atoms with Gasteiger partial charge >= 0.3 is 0 Å². The Morgan fingerprint density at radius 3 is 2.52 bits per heavy atom. The fourth-order valence-electron chi connectivity index (χ4n) is 3.21. The summed E-state index contributed by atoms with van der Waals surface area (Å²) in [5, 5.41) is 5.31. The summed E-state index contributed by atoms with van der Waals surface area (Å²) in [6.07, 6.45) is 1.56. The third-order valence-electron chi connectivity index (χ3n) is 4.78. The molecule has 0 atom stereocenters. The van der Waals surface area contributed by atoms with E-state index in [0.29, 0.717) is 5.39 Å². The Labute approximate surface area is 179 Å². The summed E-state index contributed by atoms with van der Waals surface area (Å²) in [6.45, 7) is 0.793. The van der Waals surface area contributed by atoms with Gasteiger partial charge in [0.05, 0.1) is 15.4 Å². The predicted octanol–water partition coefficient (Wildman–Crippen LogP) is 1.75. The summed E-state index contributed by atoms with van der Waals surface area (Å²) in [5.74, 6) is -0.259. The van der Waals surface area contributed by atoms with Gasteiger partial charge in [0.15, 0.2) is 0 Å². The zero-order chi connectivity index (χ0) is 20.6. The molecule has 0 unspecified atom stereocenters. The van der Waals surface area contributed by atoms with Crippen molar-refractivity contribution in [2.75, 3.05) is 26.2 Å². The van der Waals surface area contributed by atoms with Crippen molar-refractivity contribution in [3.8, 4) is 0 Å². The fraction of sp³-hybridized carbons (Fsp3) is 0.278. The van der Waals surface area contributed by atoms with E-state index in [1.54, 1.807) is 41.4 Å². The number of piperazine rings is 1. The monoisotopic (exact) mass is 496 g/mol. The van der Waals surface area contributed by atoms with Crippen LogP contribution in [-0.2, 0) is 21.4 Å². The number of carbonyl (C=O) groups is 1. The van der Waals surface area contributed by atoms with Gasteiger partial charge in [0, 0.05) is 31.6 Å². The predicted molar refractivity (Wildman–Crippen MR) is 113 cm³/mol. The van der Waals surface area contributed by atoms with Crippen molar-refractivity contribution in [3.05, 3.63) is 56.7 Å². The first-order valence-electron chi connectivity index (χ1n) is 8.84. The first kappa shape index (κ1) is 20.2. The molecule has 2 aromatic heterocycles. The second-order valence-corrected chi connectivity index (χ2v) is 11.2. The molecule has 152 valence electrons. The maximum absolute atomic E-state index is 12.7. The molecule has 0 saturated carbocycles. The molecule has 1 saturated heterocycles. The number of fused-ring (bicyclic) bond motifs is 1. The molecule has 1 aliphatic heterocycles. The average molecular weight is 497 g/mol. The molecule has 0 spiro atoms. The Hall–Kier alpha value is -2.08. The minimum atomic E-state index is -3.56. The third-order valence-corrected chi connectivity index (χ3v) is 8.77. The van der Waals surface area contributed by atoms with Gasteiger partial charge in [0.2, 0.25) is 5.91 Å². The second-order valence-electron chi connectivity index (χ2n) is 6.54. The van der Waals surface area contributed by atoms with Crippen molar-refractivity contribution in [2.24, 2.45) is 0 Å². The number of halogens is 1. The number of carbonyl (C=O) groups excluding carboxylic acids is 1. The number of hydrogen-bond donors (Lipinski definition) is 0. The van der Waals surface area contributed by atoms with Gasteiger partial charge in [0.1, 0.15) is 10.8 Å². The third kappa shape index (κ3) is 4.00. The SMILES string of the molecule is O=C(Cn1ncc2ccccc2c1=O)N1CCN(S(=O)(=O)c2ccc(Br)s2)CC1. The van der Waals surface area contributed by atoms with Crippen LogP contribution in [0.15, 0.2) is 55.4 Å². The summed E-state index contributed by atoms with van der Waals surface area (Å²) in [4.78, 5) is 26.7. The number of benzene rings is 1. The van der Waals surface area contributed by atoms with Gasteiger partial charge in [-0.3, -0.25) is 9.59 Å². The summed E-state index contributed by atoms with van der Waals surface area (Å²) < 4.78 is 28.9. The highest BCUT2D eigenvalue weighted by Gasteiger charge is 2.31. The minimum Gasteiger partial charge on any atom is -0.338 e. The van der Waals surface area contributed by atoms with Crippen LogP contribution in [-0.4, -0.2) is 59.5 Å². The van der Waals surface area contributed by atoms with E-state index in [1.807, 2.05) is 6.07 Å².